The van der Waals surface area contributed by atoms with E-state index in [4.69, 9.17) is 16.3 Å². The number of Topliss-reactive ketones (excluding diaryl/α,β-unsaturated/α-hetero) is 1. The zero-order valence-corrected chi connectivity index (χ0v) is 19.5. The number of carbonyl (C=O) groups excluding carboxylic acids is 2. The fourth-order valence-electron chi connectivity index (χ4n) is 8.15. The van der Waals surface area contributed by atoms with Crippen molar-refractivity contribution in [3.05, 3.63) is 12.2 Å². The van der Waals surface area contributed by atoms with Crippen molar-refractivity contribution >= 4 is 23.4 Å². The van der Waals surface area contributed by atoms with E-state index in [0.29, 0.717) is 37.7 Å². The van der Waals surface area contributed by atoms with Crippen LogP contribution in [0.1, 0.15) is 65.7 Å². The molecule has 4 aliphatic rings. The van der Waals surface area contributed by atoms with Gasteiger partial charge in [-0.25, -0.2) is 0 Å². The van der Waals surface area contributed by atoms with Crippen LogP contribution in [0.25, 0.3) is 0 Å². The SMILES string of the molecule is C=C1C[C@H]2[C@@H]3C[C@@H](O)[C@@]4(O)C[C@@H](OC(C)=O)CC[C@]4(C)[C@H]3CC[C@]2(C)[C@@]1(O)C(=O)CCl. The number of aliphatic hydroxyl groups excluding tert-OH is 1. The summed E-state index contributed by atoms with van der Waals surface area (Å²) in [5, 5.41) is 34.5. The number of ketones is 1. The second-order valence-corrected chi connectivity index (χ2v) is 11.2. The lowest BCUT2D eigenvalue weighted by molar-refractivity contribution is -0.268. The summed E-state index contributed by atoms with van der Waals surface area (Å²) in [7, 11) is 0. The smallest absolute Gasteiger partial charge is 0.302 e. The largest absolute Gasteiger partial charge is 0.462 e. The molecule has 0 bridgehead atoms. The summed E-state index contributed by atoms with van der Waals surface area (Å²) in [5.74, 6) is -0.858. The van der Waals surface area contributed by atoms with E-state index in [1.54, 1.807) is 0 Å². The molecule has 6 nitrogen and oxygen atoms in total. The van der Waals surface area contributed by atoms with Crippen molar-refractivity contribution < 1.29 is 29.6 Å². The zero-order valence-electron chi connectivity index (χ0n) is 18.7. The molecular weight excluding hydrogens is 420 g/mol. The number of rotatable bonds is 3. The van der Waals surface area contributed by atoms with Gasteiger partial charge in [-0.2, -0.15) is 0 Å². The predicted octanol–water partition coefficient (Wildman–Crippen LogP) is 2.75. The highest BCUT2D eigenvalue weighted by atomic mass is 35.5. The Morgan fingerprint density at radius 1 is 1.16 bits per heavy atom. The average molecular weight is 455 g/mol. The Bertz CT molecular complexity index is 814. The molecule has 0 aromatic heterocycles. The minimum absolute atomic E-state index is 0.0156. The Balaban J connectivity index is 1.68. The monoisotopic (exact) mass is 454 g/mol. The Kier molecular flexibility index (Phi) is 5.45. The van der Waals surface area contributed by atoms with Gasteiger partial charge < -0.3 is 20.1 Å². The van der Waals surface area contributed by atoms with E-state index in [2.05, 4.69) is 13.5 Å². The van der Waals surface area contributed by atoms with E-state index in [0.717, 1.165) is 6.42 Å². The third-order valence-corrected chi connectivity index (χ3v) is 10.1. The molecular formula is C24H35ClO6. The number of halogens is 1. The highest BCUT2D eigenvalue weighted by molar-refractivity contribution is 6.29. The van der Waals surface area contributed by atoms with Gasteiger partial charge in [0, 0.05) is 24.2 Å². The van der Waals surface area contributed by atoms with Crippen LogP contribution in [0.5, 0.6) is 0 Å². The summed E-state index contributed by atoms with van der Waals surface area (Å²) in [6.07, 6.45) is 2.46. The molecule has 0 heterocycles. The molecule has 174 valence electrons. The molecule has 0 aromatic rings. The topological polar surface area (TPSA) is 104 Å². The number of alkyl halides is 1. The fraction of sp³-hybridized carbons (Fsp3) is 0.833. The molecule has 4 fully saturated rings. The summed E-state index contributed by atoms with van der Waals surface area (Å²) in [5.41, 5.74) is -3.68. The van der Waals surface area contributed by atoms with Gasteiger partial charge in [0.1, 0.15) is 6.10 Å². The van der Waals surface area contributed by atoms with Crippen molar-refractivity contribution in [2.45, 2.75) is 89.1 Å². The zero-order chi connectivity index (χ0) is 23.0. The summed E-state index contributed by atoms with van der Waals surface area (Å²) < 4.78 is 5.40. The second kappa shape index (κ2) is 7.28. The maximum atomic E-state index is 12.7. The fourth-order valence-corrected chi connectivity index (χ4v) is 8.35. The van der Waals surface area contributed by atoms with Gasteiger partial charge >= 0.3 is 5.97 Å². The van der Waals surface area contributed by atoms with Crippen molar-refractivity contribution in [1.82, 2.24) is 0 Å². The van der Waals surface area contributed by atoms with Gasteiger partial charge in [-0.05, 0) is 61.9 Å². The molecule has 0 aliphatic heterocycles. The third-order valence-electron chi connectivity index (χ3n) is 9.87. The van der Waals surface area contributed by atoms with Gasteiger partial charge in [0.05, 0.1) is 17.6 Å². The number of carbonyl (C=O) groups is 2. The molecule has 3 N–H and O–H groups in total. The van der Waals surface area contributed by atoms with Crippen LogP contribution in [0, 0.1) is 28.6 Å². The van der Waals surface area contributed by atoms with Gasteiger partial charge in [-0.15, -0.1) is 11.6 Å². The minimum atomic E-state index is -1.64. The van der Waals surface area contributed by atoms with E-state index in [9.17, 15) is 24.9 Å². The number of hydrogen-bond donors (Lipinski definition) is 3. The third kappa shape index (κ3) is 2.87. The van der Waals surface area contributed by atoms with Crippen molar-refractivity contribution in [2.75, 3.05) is 5.88 Å². The van der Waals surface area contributed by atoms with Gasteiger partial charge in [0.2, 0.25) is 0 Å². The summed E-state index contributed by atoms with van der Waals surface area (Å²) in [6.45, 7) is 9.44. The first-order valence-electron chi connectivity index (χ1n) is 11.4. The first-order chi connectivity index (χ1) is 14.3. The minimum Gasteiger partial charge on any atom is -0.462 e. The quantitative estimate of drug-likeness (QED) is 0.344. The van der Waals surface area contributed by atoms with E-state index in [1.165, 1.54) is 6.92 Å². The van der Waals surface area contributed by atoms with Crippen molar-refractivity contribution in [2.24, 2.45) is 28.6 Å². The maximum Gasteiger partial charge on any atom is 0.302 e. The molecule has 9 atom stereocenters. The van der Waals surface area contributed by atoms with Crippen LogP contribution in [0.15, 0.2) is 12.2 Å². The molecule has 4 rings (SSSR count). The maximum absolute atomic E-state index is 12.7. The number of ether oxygens (including phenoxy) is 1. The lowest BCUT2D eigenvalue weighted by Gasteiger charge is -2.65. The first kappa shape index (κ1) is 23.2. The molecule has 0 radical (unpaired) electrons. The molecule has 7 heteroatoms. The second-order valence-electron chi connectivity index (χ2n) is 11.0. The van der Waals surface area contributed by atoms with Gasteiger partial charge in [0.15, 0.2) is 11.4 Å². The normalized spacial score (nSPS) is 51.5. The van der Waals surface area contributed by atoms with Crippen LogP contribution in [0.3, 0.4) is 0 Å². The highest BCUT2D eigenvalue weighted by Gasteiger charge is 2.71. The number of fused-ring (bicyclic) bond motifs is 5. The number of aliphatic hydroxyl groups is 3. The molecule has 31 heavy (non-hydrogen) atoms. The standard InChI is InChI=1S/C24H35ClO6/c1-13-9-18-16-10-19(27)23(29)11-15(31-14(2)26)5-7-21(23,3)17(16)6-8-22(18,4)24(13,30)20(28)12-25/h15-19,27,29-30H,1,5-12H2,2-4H3/t15-,16+,17-,18-,19+,21+,22-,23-,24-/m0/s1. The Labute approximate surface area is 189 Å². The molecule has 4 saturated carbocycles. The Hall–Kier alpha value is -0.950. The van der Waals surface area contributed by atoms with Gasteiger partial charge in [0.25, 0.3) is 0 Å². The van der Waals surface area contributed by atoms with Crippen molar-refractivity contribution in [1.29, 1.82) is 0 Å². The summed E-state index contributed by atoms with van der Waals surface area (Å²) in [4.78, 5) is 24.2. The van der Waals surface area contributed by atoms with Gasteiger partial charge in [-0.1, -0.05) is 20.4 Å². The molecule has 0 amide bonds. The van der Waals surface area contributed by atoms with E-state index in [1.807, 2.05) is 6.92 Å². The summed E-state index contributed by atoms with van der Waals surface area (Å²) in [6, 6.07) is 0. The Morgan fingerprint density at radius 3 is 2.42 bits per heavy atom. The molecule has 4 aliphatic carbocycles. The molecule has 0 spiro atoms. The van der Waals surface area contributed by atoms with E-state index < -0.39 is 40.0 Å². The van der Waals surface area contributed by atoms with Crippen LogP contribution < -0.4 is 0 Å². The van der Waals surface area contributed by atoms with Gasteiger partial charge in [-0.3, -0.25) is 9.59 Å². The average Bonchev–Trinajstić information content (AvgIpc) is 2.91. The lowest BCUT2D eigenvalue weighted by atomic mass is 9.42. The molecule has 0 aromatic carbocycles. The number of hydrogen-bond acceptors (Lipinski definition) is 6. The van der Waals surface area contributed by atoms with Crippen molar-refractivity contribution in [3.63, 3.8) is 0 Å². The summed E-state index contributed by atoms with van der Waals surface area (Å²) >= 11 is 5.86. The van der Waals surface area contributed by atoms with E-state index >= 15 is 0 Å². The predicted molar refractivity (Wildman–Crippen MR) is 115 cm³/mol. The van der Waals surface area contributed by atoms with E-state index in [-0.39, 0.29) is 36.0 Å². The molecule has 0 unspecified atom stereocenters. The Morgan fingerprint density at radius 2 is 1.81 bits per heavy atom. The van der Waals surface area contributed by atoms with Crippen molar-refractivity contribution in [3.8, 4) is 0 Å². The lowest BCUT2D eigenvalue weighted by Crippen LogP contribution is -2.69. The highest BCUT2D eigenvalue weighted by Crippen LogP contribution is 2.70. The van der Waals surface area contributed by atoms with Crippen LogP contribution in [-0.4, -0.2) is 56.4 Å². The van der Waals surface area contributed by atoms with Crippen LogP contribution in [0.4, 0.5) is 0 Å². The van der Waals surface area contributed by atoms with Crippen LogP contribution in [-0.2, 0) is 14.3 Å². The number of esters is 1. The van der Waals surface area contributed by atoms with Crippen LogP contribution >= 0.6 is 11.6 Å². The molecule has 0 saturated heterocycles. The van der Waals surface area contributed by atoms with Crippen LogP contribution in [0.2, 0.25) is 0 Å². The first-order valence-corrected chi connectivity index (χ1v) is 12.0.